The first-order valence-electron chi connectivity index (χ1n) is 7.43. The van der Waals surface area contributed by atoms with Gasteiger partial charge in [0.1, 0.15) is 17.3 Å². The summed E-state index contributed by atoms with van der Waals surface area (Å²) in [6.07, 6.45) is 4.26. The molecule has 0 aliphatic carbocycles. The van der Waals surface area contributed by atoms with Crippen molar-refractivity contribution in [2.45, 2.75) is 37.7 Å². The molecule has 0 saturated carbocycles. The Kier molecular flexibility index (Phi) is 4.31. The van der Waals surface area contributed by atoms with E-state index in [0.29, 0.717) is 43.2 Å². The number of nitrogens with one attached hydrogen (secondary N) is 1. The van der Waals surface area contributed by atoms with Crippen molar-refractivity contribution in [3.8, 4) is 5.88 Å². The molecule has 3 rings (SSSR count). The van der Waals surface area contributed by atoms with Crippen LogP contribution >= 0.6 is 0 Å². The van der Waals surface area contributed by atoms with Crippen molar-refractivity contribution in [2.75, 3.05) is 13.1 Å². The first-order chi connectivity index (χ1) is 11.0. The Labute approximate surface area is 135 Å². The molecule has 1 saturated heterocycles. The van der Waals surface area contributed by atoms with Crippen LogP contribution in [-0.4, -0.2) is 52.1 Å². The van der Waals surface area contributed by atoms with Crippen LogP contribution in [0, 0.1) is 13.8 Å². The minimum atomic E-state index is -3.52. The molecule has 23 heavy (non-hydrogen) atoms. The number of piperidine rings is 1. The van der Waals surface area contributed by atoms with Crippen LogP contribution in [0.5, 0.6) is 5.88 Å². The molecule has 9 heteroatoms. The van der Waals surface area contributed by atoms with E-state index in [4.69, 9.17) is 4.74 Å². The molecule has 124 valence electrons. The summed E-state index contributed by atoms with van der Waals surface area (Å²) < 4.78 is 32.8. The van der Waals surface area contributed by atoms with Crippen molar-refractivity contribution in [2.24, 2.45) is 0 Å². The standard InChI is InChI=1S/C14H19N5O3S/c1-10-14(11(2)18-17-10)23(20,21)19-7-4-12(5-8-19)22-13-3-6-15-9-16-13/h3,6,9,12H,4-5,7-8H2,1-2H3,(H,17,18). The number of aryl methyl sites for hydroxylation is 2. The molecule has 0 spiro atoms. The number of hydrogen-bond donors (Lipinski definition) is 1. The summed E-state index contributed by atoms with van der Waals surface area (Å²) in [4.78, 5) is 8.15. The molecule has 1 fully saturated rings. The number of H-pyrrole nitrogens is 1. The predicted molar refractivity (Wildman–Crippen MR) is 82.5 cm³/mol. The molecular formula is C14H19N5O3S. The zero-order chi connectivity index (χ0) is 16.4. The van der Waals surface area contributed by atoms with Crippen LogP contribution in [0.4, 0.5) is 0 Å². The summed E-state index contributed by atoms with van der Waals surface area (Å²) in [6, 6.07) is 1.70. The summed E-state index contributed by atoms with van der Waals surface area (Å²) in [7, 11) is -3.52. The summed E-state index contributed by atoms with van der Waals surface area (Å²) in [5.41, 5.74) is 1.07. The topological polar surface area (TPSA) is 101 Å². The number of sulfonamides is 1. The van der Waals surface area contributed by atoms with E-state index in [2.05, 4.69) is 20.2 Å². The maximum absolute atomic E-state index is 12.8. The maximum Gasteiger partial charge on any atom is 0.246 e. The number of rotatable bonds is 4. The maximum atomic E-state index is 12.8. The second kappa shape index (κ2) is 6.25. The molecule has 0 unspecified atom stereocenters. The van der Waals surface area contributed by atoms with E-state index in [1.807, 2.05) is 0 Å². The van der Waals surface area contributed by atoms with Gasteiger partial charge in [-0.15, -0.1) is 0 Å². The highest BCUT2D eigenvalue weighted by Gasteiger charge is 2.33. The molecule has 0 amide bonds. The molecule has 0 radical (unpaired) electrons. The van der Waals surface area contributed by atoms with Gasteiger partial charge in [-0.05, 0) is 26.7 Å². The SMILES string of the molecule is Cc1n[nH]c(C)c1S(=O)(=O)N1CCC(Oc2ccncn2)CC1. The minimum absolute atomic E-state index is 0.0390. The molecule has 0 atom stereocenters. The predicted octanol–water partition coefficient (Wildman–Crippen LogP) is 1.05. The van der Waals surface area contributed by atoms with Gasteiger partial charge in [-0.1, -0.05) is 0 Å². The Morgan fingerprint density at radius 3 is 2.61 bits per heavy atom. The monoisotopic (exact) mass is 337 g/mol. The third kappa shape index (κ3) is 3.20. The molecule has 1 N–H and O–H groups in total. The minimum Gasteiger partial charge on any atom is -0.474 e. The number of ether oxygens (including phenoxy) is 1. The van der Waals surface area contributed by atoms with Gasteiger partial charge in [-0.2, -0.15) is 9.40 Å². The number of hydrogen-bond acceptors (Lipinski definition) is 6. The molecule has 8 nitrogen and oxygen atoms in total. The number of aromatic amines is 1. The van der Waals surface area contributed by atoms with Crippen molar-refractivity contribution in [1.29, 1.82) is 0 Å². The highest BCUT2D eigenvalue weighted by Crippen LogP contribution is 2.25. The summed E-state index contributed by atoms with van der Waals surface area (Å²) >= 11 is 0. The molecule has 0 aromatic carbocycles. The number of nitrogens with zero attached hydrogens (tertiary/aromatic N) is 4. The van der Waals surface area contributed by atoms with Crippen molar-refractivity contribution in [1.82, 2.24) is 24.5 Å². The van der Waals surface area contributed by atoms with Crippen molar-refractivity contribution in [3.63, 3.8) is 0 Å². The van der Waals surface area contributed by atoms with E-state index < -0.39 is 10.0 Å². The zero-order valence-corrected chi connectivity index (χ0v) is 13.9. The lowest BCUT2D eigenvalue weighted by molar-refractivity contribution is 0.129. The van der Waals surface area contributed by atoms with Gasteiger partial charge < -0.3 is 4.74 Å². The van der Waals surface area contributed by atoms with Crippen LogP contribution in [0.1, 0.15) is 24.2 Å². The summed E-state index contributed by atoms with van der Waals surface area (Å²) in [5.74, 6) is 0.517. The fraction of sp³-hybridized carbons (Fsp3) is 0.500. The third-order valence-corrected chi connectivity index (χ3v) is 6.06. The van der Waals surface area contributed by atoms with Gasteiger partial charge in [-0.25, -0.2) is 18.4 Å². The fourth-order valence-electron chi connectivity index (χ4n) is 2.76. The van der Waals surface area contributed by atoms with Gasteiger partial charge in [0.2, 0.25) is 15.9 Å². The summed E-state index contributed by atoms with van der Waals surface area (Å²) in [5, 5.41) is 6.71. The largest absolute Gasteiger partial charge is 0.474 e. The molecule has 2 aromatic heterocycles. The van der Waals surface area contributed by atoms with Gasteiger partial charge in [0.05, 0.1) is 11.4 Å². The van der Waals surface area contributed by atoms with E-state index in [-0.39, 0.29) is 11.0 Å². The van der Waals surface area contributed by atoms with E-state index in [0.717, 1.165) is 0 Å². The van der Waals surface area contributed by atoms with Crippen LogP contribution in [0.2, 0.25) is 0 Å². The lowest BCUT2D eigenvalue weighted by Crippen LogP contribution is -2.42. The Morgan fingerprint density at radius 2 is 2.04 bits per heavy atom. The number of aromatic nitrogens is 4. The van der Waals surface area contributed by atoms with E-state index in [1.54, 1.807) is 26.1 Å². The Morgan fingerprint density at radius 1 is 1.30 bits per heavy atom. The van der Waals surface area contributed by atoms with Crippen LogP contribution in [0.3, 0.4) is 0 Å². The third-order valence-electron chi connectivity index (χ3n) is 3.90. The normalized spacial score (nSPS) is 17.3. The van der Waals surface area contributed by atoms with Crippen molar-refractivity contribution >= 4 is 10.0 Å². The average molecular weight is 337 g/mol. The van der Waals surface area contributed by atoms with Gasteiger partial charge in [0.15, 0.2) is 0 Å². The van der Waals surface area contributed by atoms with Gasteiger partial charge in [0, 0.05) is 25.4 Å². The second-order valence-electron chi connectivity index (χ2n) is 5.53. The lowest BCUT2D eigenvalue weighted by atomic mass is 10.1. The molecule has 1 aliphatic heterocycles. The zero-order valence-electron chi connectivity index (χ0n) is 13.1. The van der Waals surface area contributed by atoms with Gasteiger partial charge in [0.25, 0.3) is 0 Å². The Bertz CT molecular complexity index is 747. The first kappa shape index (κ1) is 15.9. The highest BCUT2D eigenvalue weighted by atomic mass is 32.2. The Balaban J connectivity index is 1.67. The van der Waals surface area contributed by atoms with E-state index >= 15 is 0 Å². The molecule has 2 aromatic rings. The molecule has 0 bridgehead atoms. The molecular weight excluding hydrogens is 318 g/mol. The summed E-state index contributed by atoms with van der Waals surface area (Å²) in [6.45, 7) is 4.25. The van der Waals surface area contributed by atoms with Gasteiger partial charge in [-0.3, -0.25) is 5.10 Å². The van der Waals surface area contributed by atoms with Crippen molar-refractivity contribution < 1.29 is 13.2 Å². The lowest BCUT2D eigenvalue weighted by Gasteiger charge is -2.31. The van der Waals surface area contributed by atoms with E-state index in [1.165, 1.54) is 10.6 Å². The smallest absolute Gasteiger partial charge is 0.246 e. The second-order valence-corrected chi connectivity index (χ2v) is 7.41. The Hall–Kier alpha value is -2.00. The van der Waals surface area contributed by atoms with Gasteiger partial charge >= 0.3 is 0 Å². The highest BCUT2D eigenvalue weighted by molar-refractivity contribution is 7.89. The van der Waals surface area contributed by atoms with Crippen molar-refractivity contribution in [3.05, 3.63) is 30.0 Å². The van der Waals surface area contributed by atoms with Crippen LogP contribution in [0.25, 0.3) is 0 Å². The quantitative estimate of drug-likeness (QED) is 0.895. The van der Waals surface area contributed by atoms with Crippen LogP contribution < -0.4 is 4.74 Å². The fourth-order valence-corrected chi connectivity index (χ4v) is 4.56. The molecule has 1 aliphatic rings. The van der Waals surface area contributed by atoms with Crippen LogP contribution in [0.15, 0.2) is 23.5 Å². The van der Waals surface area contributed by atoms with E-state index in [9.17, 15) is 8.42 Å². The van der Waals surface area contributed by atoms with Crippen LogP contribution in [-0.2, 0) is 10.0 Å². The first-order valence-corrected chi connectivity index (χ1v) is 8.87. The molecule has 3 heterocycles. The average Bonchev–Trinajstić information content (AvgIpc) is 2.88.